The normalized spacial score (nSPS) is 11.8. The quantitative estimate of drug-likeness (QED) is 0.810. The highest BCUT2D eigenvalue weighted by molar-refractivity contribution is 9.10. The molecule has 98 valence electrons. The number of phenols is 1. The monoisotopic (exact) mass is 320 g/mol. The number of phenolic OH excluding ortho intramolecular Hbond substituents is 1. The van der Waals surface area contributed by atoms with E-state index in [2.05, 4.69) is 21.2 Å². The Hall–Kier alpha value is -2.01. The third-order valence-corrected chi connectivity index (χ3v) is 3.16. The number of primary amides is 1. The van der Waals surface area contributed by atoms with Crippen LogP contribution >= 0.6 is 15.9 Å². The smallest absolute Gasteiger partial charge is 0.244 e. The van der Waals surface area contributed by atoms with Crippen molar-refractivity contribution in [2.75, 3.05) is 5.32 Å². The second-order valence-electron chi connectivity index (χ2n) is 4.05. The number of nitrogens with one attached hydrogen (secondary N) is 1. The predicted molar refractivity (Wildman–Crippen MR) is 77.8 cm³/mol. The fraction of sp³-hybridized carbons (Fsp3) is 0.0714. The molecule has 0 aliphatic rings. The number of carbonyl (C=O) groups is 1. The summed E-state index contributed by atoms with van der Waals surface area (Å²) in [6, 6.07) is 13.2. The molecule has 2 aromatic rings. The highest BCUT2D eigenvalue weighted by atomic mass is 79.9. The van der Waals surface area contributed by atoms with Gasteiger partial charge in [0.05, 0.1) is 0 Å². The van der Waals surface area contributed by atoms with Gasteiger partial charge < -0.3 is 16.2 Å². The average molecular weight is 321 g/mol. The minimum atomic E-state index is -0.782. The lowest BCUT2D eigenvalue weighted by Crippen LogP contribution is -2.27. The van der Waals surface area contributed by atoms with E-state index in [0.29, 0.717) is 5.56 Å². The van der Waals surface area contributed by atoms with Crippen LogP contribution in [-0.4, -0.2) is 11.0 Å². The van der Waals surface area contributed by atoms with Crippen LogP contribution in [0.3, 0.4) is 0 Å². The lowest BCUT2D eigenvalue weighted by atomic mass is 10.0. The average Bonchev–Trinajstić information content (AvgIpc) is 2.37. The fourth-order valence-corrected chi connectivity index (χ4v) is 2.18. The minimum Gasteiger partial charge on any atom is -0.508 e. The van der Waals surface area contributed by atoms with Crippen molar-refractivity contribution in [2.45, 2.75) is 6.04 Å². The molecule has 0 spiro atoms. The van der Waals surface area contributed by atoms with Crippen LogP contribution in [0.4, 0.5) is 5.69 Å². The van der Waals surface area contributed by atoms with Crippen molar-refractivity contribution in [3.05, 3.63) is 58.6 Å². The Morgan fingerprint density at radius 1 is 1.21 bits per heavy atom. The van der Waals surface area contributed by atoms with Crippen molar-refractivity contribution >= 4 is 27.5 Å². The van der Waals surface area contributed by atoms with Crippen LogP contribution in [0, 0.1) is 0 Å². The summed E-state index contributed by atoms with van der Waals surface area (Å²) in [6.45, 7) is 0. The van der Waals surface area contributed by atoms with E-state index < -0.39 is 11.9 Å². The maximum atomic E-state index is 11.6. The third-order valence-electron chi connectivity index (χ3n) is 2.67. The Bertz CT molecular complexity index is 602. The first-order valence-electron chi connectivity index (χ1n) is 5.67. The molecule has 0 saturated carbocycles. The Balaban J connectivity index is 2.32. The lowest BCUT2D eigenvalue weighted by Gasteiger charge is -2.18. The largest absolute Gasteiger partial charge is 0.508 e. The molecule has 5 heteroatoms. The Morgan fingerprint density at radius 3 is 2.58 bits per heavy atom. The van der Waals surface area contributed by atoms with Crippen molar-refractivity contribution in [3.63, 3.8) is 0 Å². The molecule has 0 aromatic heterocycles. The summed E-state index contributed by atoms with van der Waals surface area (Å²) in [5.41, 5.74) is 6.59. The highest BCUT2D eigenvalue weighted by Gasteiger charge is 2.20. The van der Waals surface area contributed by atoms with Crippen LogP contribution < -0.4 is 11.1 Å². The van der Waals surface area contributed by atoms with Crippen LogP contribution in [0.2, 0.25) is 0 Å². The van der Waals surface area contributed by atoms with Gasteiger partial charge in [-0.3, -0.25) is 4.79 Å². The van der Waals surface area contributed by atoms with Gasteiger partial charge in [0.2, 0.25) is 5.91 Å². The fourth-order valence-electron chi connectivity index (χ4n) is 1.78. The molecule has 1 amide bonds. The lowest BCUT2D eigenvalue weighted by molar-refractivity contribution is -0.118. The second kappa shape index (κ2) is 5.75. The van der Waals surface area contributed by atoms with Gasteiger partial charge in [-0.15, -0.1) is 0 Å². The second-order valence-corrected chi connectivity index (χ2v) is 4.96. The van der Waals surface area contributed by atoms with E-state index in [1.165, 1.54) is 6.07 Å². The van der Waals surface area contributed by atoms with E-state index >= 15 is 0 Å². The van der Waals surface area contributed by atoms with Crippen molar-refractivity contribution < 1.29 is 9.90 Å². The van der Waals surface area contributed by atoms with Crippen molar-refractivity contribution in [3.8, 4) is 5.75 Å². The molecule has 0 saturated heterocycles. The van der Waals surface area contributed by atoms with Gasteiger partial charge in [0, 0.05) is 15.7 Å². The van der Waals surface area contributed by atoms with Gasteiger partial charge in [0.15, 0.2) is 0 Å². The van der Waals surface area contributed by atoms with Crippen molar-refractivity contribution in [1.82, 2.24) is 0 Å². The molecule has 1 atom stereocenters. The van der Waals surface area contributed by atoms with Gasteiger partial charge in [0.25, 0.3) is 0 Å². The first-order chi connectivity index (χ1) is 9.08. The van der Waals surface area contributed by atoms with Gasteiger partial charge in [-0.1, -0.05) is 40.2 Å². The molecule has 4 N–H and O–H groups in total. The van der Waals surface area contributed by atoms with Crippen LogP contribution in [-0.2, 0) is 4.79 Å². The molecule has 0 aliphatic carbocycles. The Labute approximate surface area is 119 Å². The van der Waals surface area contributed by atoms with E-state index in [9.17, 15) is 9.90 Å². The van der Waals surface area contributed by atoms with Crippen molar-refractivity contribution in [1.29, 1.82) is 0 Å². The molecule has 2 rings (SSSR count). The predicted octanol–water partition coefficient (Wildman–Crippen LogP) is 2.79. The van der Waals surface area contributed by atoms with Crippen LogP contribution in [0.15, 0.2) is 53.0 Å². The number of nitrogens with two attached hydrogens (primary N) is 1. The maximum absolute atomic E-state index is 11.6. The highest BCUT2D eigenvalue weighted by Crippen LogP contribution is 2.27. The molecule has 0 bridgehead atoms. The van der Waals surface area contributed by atoms with Gasteiger partial charge in [-0.2, -0.15) is 0 Å². The van der Waals surface area contributed by atoms with E-state index in [4.69, 9.17) is 5.73 Å². The zero-order valence-corrected chi connectivity index (χ0v) is 11.6. The Morgan fingerprint density at radius 2 is 1.95 bits per heavy atom. The van der Waals surface area contributed by atoms with Crippen LogP contribution in [0.1, 0.15) is 11.6 Å². The summed E-state index contributed by atoms with van der Waals surface area (Å²) in [4.78, 5) is 11.6. The number of hydrogen-bond donors (Lipinski definition) is 3. The summed E-state index contributed by atoms with van der Waals surface area (Å²) in [5.74, 6) is -0.518. The summed E-state index contributed by atoms with van der Waals surface area (Å²) in [6.07, 6.45) is 0. The first-order valence-corrected chi connectivity index (χ1v) is 6.46. The number of carbonyl (C=O) groups excluding carboxylic acids is 1. The van der Waals surface area contributed by atoms with Crippen LogP contribution in [0.5, 0.6) is 5.75 Å². The number of anilines is 1. The molecule has 0 aliphatic heterocycles. The zero-order valence-electron chi connectivity index (χ0n) is 10.0. The number of rotatable bonds is 4. The number of amides is 1. The first kappa shape index (κ1) is 13.4. The summed E-state index contributed by atoms with van der Waals surface area (Å²) in [5, 5.41) is 12.8. The minimum absolute atomic E-state index is 0.0359. The molecule has 0 fully saturated rings. The summed E-state index contributed by atoms with van der Waals surface area (Å²) < 4.78 is 0.887. The van der Waals surface area contributed by atoms with E-state index in [0.717, 1.165) is 10.2 Å². The standard InChI is InChI=1S/C14H13BrN2O2/c15-9-4-3-5-10(8-9)17-13(14(16)19)11-6-1-2-7-12(11)18/h1-8,13,17-18H,(H2,16,19). The van der Waals surface area contributed by atoms with Gasteiger partial charge in [-0.25, -0.2) is 0 Å². The Kier molecular flexibility index (Phi) is 4.06. The molecule has 2 aromatic carbocycles. The summed E-state index contributed by atoms with van der Waals surface area (Å²) >= 11 is 3.35. The van der Waals surface area contributed by atoms with Gasteiger partial charge in [-0.05, 0) is 24.3 Å². The number of aromatic hydroxyl groups is 1. The van der Waals surface area contributed by atoms with Gasteiger partial charge in [0.1, 0.15) is 11.8 Å². The molecular formula is C14H13BrN2O2. The number of halogens is 1. The third kappa shape index (κ3) is 3.26. The molecule has 1 unspecified atom stereocenters. The zero-order chi connectivity index (χ0) is 13.8. The molecule has 0 radical (unpaired) electrons. The van der Waals surface area contributed by atoms with Crippen LogP contribution in [0.25, 0.3) is 0 Å². The number of para-hydroxylation sites is 1. The van der Waals surface area contributed by atoms with E-state index in [1.54, 1.807) is 18.2 Å². The topological polar surface area (TPSA) is 75.4 Å². The van der Waals surface area contributed by atoms with Gasteiger partial charge >= 0.3 is 0 Å². The van der Waals surface area contributed by atoms with E-state index in [-0.39, 0.29) is 5.75 Å². The summed E-state index contributed by atoms with van der Waals surface area (Å²) in [7, 11) is 0. The molecular weight excluding hydrogens is 308 g/mol. The van der Waals surface area contributed by atoms with E-state index in [1.807, 2.05) is 24.3 Å². The molecule has 19 heavy (non-hydrogen) atoms. The van der Waals surface area contributed by atoms with Crippen molar-refractivity contribution in [2.24, 2.45) is 5.73 Å². The molecule has 0 heterocycles. The number of hydrogen-bond acceptors (Lipinski definition) is 3. The molecule has 4 nitrogen and oxygen atoms in total. The number of benzene rings is 2. The SMILES string of the molecule is NC(=O)C(Nc1cccc(Br)c1)c1ccccc1O. The maximum Gasteiger partial charge on any atom is 0.244 e.